The number of nitrogens with one attached hydrogen (secondary N) is 1. The molecular weight excluding hydrogens is 458 g/mol. The first-order chi connectivity index (χ1) is 16.4. The molecule has 0 atom stereocenters. The second kappa shape index (κ2) is 10.6. The standard InChI is InChI=1S/C24H31N3O6S/c1-3-27(4-2)34(29,30)19-7-8-21(26-10-14-31-15-11-26)20(17-19)24(28)25-18-6-9-22-23(16-18)33-13-5-12-32-22/h6-9,16-17H,3-5,10-15H2,1-2H3,(H,25,28). The van der Waals surface area contributed by atoms with Crippen molar-refractivity contribution in [2.75, 3.05) is 62.8 Å². The summed E-state index contributed by atoms with van der Waals surface area (Å²) in [5.74, 6) is 0.811. The molecule has 1 fully saturated rings. The molecule has 2 aromatic carbocycles. The zero-order valence-corrected chi connectivity index (χ0v) is 20.4. The van der Waals surface area contributed by atoms with Gasteiger partial charge in [0, 0.05) is 50.0 Å². The summed E-state index contributed by atoms with van der Waals surface area (Å²) < 4.78 is 44.5. The highest BCUT2D eigenvalue weighted by molar-refractivity contribution is 7.89. The molecule has 1 saturated heterocycles. The number of fused-ring (bicyclic) bond motifs is 1. The van der Waals surface area contributed by atoms with Crippen molar-refractivity contribution >= 4 is 27.3 Å². The average molecular weight is 490 g/mol. The van der Waals surface area contributed by atoms with Crippen molar-refractivity contribution in [3.8, 4) is 11.5 Å². The van der Waals surface area contributed by atoms with E-state index in [0.717, 1.165) is 6.42 Å². The van der Waals surface area contributed by atoms with Crippen molar-refractivity contribution < 1.29 is 27.4 Å². The molecule has 0 spiro atoms. The van der Waals surface area contributed by atoms with Gasteiger partial charge >= 0.3 is 0 Å². The number of morpholine rings is 1. The third-order valence-corrected chi connectivity index (χ3v) is 7.96. The summed E-state index contributed by atoms with van der Waals surface area (Å²) in [5.41, 5.74) is 1.51. The molecule has 2 aromatic rings. The monoisotopic (exact) mass is 489 g/mol. The van der Waals surface area contributed by atoms with Crippen LogP contribution in [0.4, 0.5) is 11.4 Å². The van der Waals surface area contributed by atoms with Crippen LogP contribution >= 0.6 is 0 Å². The van der Waals surface area contributed by atoms with Gasteiger partial charge in [-0.3, -0.25) is 4.79 Å². The number of nitrogens with zero attached hydrogens (tertiary/aromatic N) is 2. The van der Waals surface area contributed by atoms with Gasteiger partial charge in [-0.2, -0.15) is 4.31 Å². The third kappa shape index (κ3) is 5.13. The van der Waals surface area contributed by atoms with Gasteiger partial charge in [0.25, 0.3) is 5.91 Å². The minimum Gasteiger partial charge on any atom is -0.490 e. The SMILES string of the molecule is CCN(CC)S(=O)(=O)c1ccc(N2CCOCC2)c(C(=O)Nc2ccc3c(c2)OCCCO3)c1. The summed E-state index contributed by atoms with van der Waals surface area (Å²) in [4.78, 5) is 15.6. The van der Waals surface area contributed by atoms with Gasteiger partial charge in [0.1, 0.15) is 0 Å². The van der Waals surface area contributed by atoms with E-state index in [2.05, 4.69) is 5.32 Å². The number of anilines is 2. The molecule has 0 bridgehead atoms. The van der Waals surface area contributed by atoms with Crippen LogP contribution in [0.1, 0.15) is 30.6 Å². The molecule has 0 unspecified atom stereocenters. The molecule has 1 N–H and O–H groups in total. The van der Waals surface area contributed by atoms with Crippen molar-refractivity contribution in [1.82, 2.24) is 4.31 Å². The van der Waals surface area contributed by atoms with Crippen molar-refractivity contribution in [2.24, 2.45) is 0 Å². The number of benzene rings is 2. The van der Waals surface area contributed by atoms with E-state index >= 15 is 0 Å². The molecule has 4 rings (SSSR count). The summed E-state index contributed by atoms with van der Waals surface area (Å²) >= 11 is 0. The van der Waals surface area contributed by atoms with E-state index in [1.165, 1.54) is 10.4 Å². The predicted molar refractivity (Wildman–Crippen MR) is 130 cm³/mol. The molecule has 0 aliphatic carbocycles. The van der Waals surface area contributed by atoms with Crippen LogP contribution in [0.2, 0.25) is 0 Å². The van der Waals surface area contributed by atoms with Crippen LogP contribution in [0, 0.1) is 0 Å². The lowest BCUT2D eigenvalue weighted by atomic mass is 10.1. The Bertz CT molecular complexity index is 1130. The van der Waals surface area contributed by atoms with Crippen LogP contribution in [0.3, 0.4) is 0 Å². The fraction of sp³-hybridized carbons (Fsp3) is 0.458. The predicted octanol–water partition coefficient (Wildman–Crippen LogP) is 2.97. The second-order valence-corrected chi connectivity index (χ2v) is 9.97. The lowest BCUT2D eigenvalue weighted by Gasteiger charge is -2.30. The van der Waals surface area contributed by atoms with E-state index in [0.29, 0.717) is 81.0 Å². The van der Waals surface area contributed by atoms with Crippen LogP contribution < -0.4 is 19.7 Å². The quantitative estimate of drug-likeness (QED) is 0.639. The minimum atomic E-state index is -3.72. The van der Waals surface area contributed by atoms with Gasteiger partial charge in [0.2, 0.25) is 10.0 Å². The number of hydrogen-bond donors (Lipinski definition) is 1. The zero-order chi connectivity index (χ0) is 24.1. The van der Waals surface area contributed by atoms with E-state index in [1.54, 1.807) is 44.2 Å². The summed E-state index contributed by atoms with van der Waals surface area (Å²) in [6, 6.07) is 9.99. The van der Waals surface area contributed by atoms with Gasteiger partial charge < -0.3 is 24.4 Å². The highest BCUT2D eigenvalue weighted by atomic mass is 32.2. The number of sulfonamides is 1. The molecule has 0 saturated carbocycles. The summed E-state index contributed by atoms with van der Waals surface area (Å²) in [7, 11) is -3.72. The van der Waals surface area contributed by atoms with Gasteiger partial charge in [-0.1, -0.05) is 13.8 Å². The first kappa shape index (κ1) is 24.3. The van der Waals surface area contributed by atoms with Gasteiger partial charge in [-0.05, 0) is 30.3 Å². The smallest absolute Gasteiger partial charge is 0.257 e. The maximum absolute atomic E-state index is 13.5. The van der Waals surface area contributed by atoms with Crippen molar-refractivity contribution in [3.05, 3.63) is 42.0 Å². The second-order valence-electron chi connectivity index (χ2n) is 8.03. The Hall–Kier alpha value is -2.82. The molecule has 0 radical (unpaired) electrons. The Morgan fingerprint density at radius 1 is 0.971 bits per heavy atom. The number of carbonyl (C=O) groups excluding carboxylic acids is 1. The summed E-state index contributed by atoms with van der Waals surface area (Å²) in [6.45, 7) is 7.73. The fourth-order valence-corrected chi connectivity index (χ4v) is 5.57. The summed E-state index contributed by atoms with van der Waals surface area (Å²) in [5, 5.41) is 2.90. The number of amides is 1. The topological polar surface area (TPSA) is 97.4 Å². The first-order valence-corrected chi connectivity index (χ1v) is 13.1. The van der Waals surface area contributed by atoms with Crippen molar-refractivity contribution in [1.29, 1.82) is 0 Å². The normalized spacial score (nSPS) is 16.3. The number of rotatable bonds is 7. The van der Waals surface area contributed by atoms with E-state index in [-0.39, 0.29) is 4.90 Å². The molecule has 34 heavy (non-hydrogen) atoms. The van der Waals surface area contributed by atoms with Gasteiger partial charge in [-0.25, -0.2) is 8.42 Å². The van der Waals surface area contributed by atoms with Crippen LogP contribution in [-0.2, 0) is 14.8 Å². The van der Waals surface area contributed by atoms with Crippen LogP contribution in [-0.4, -0.2) is 71.2 Å². The van der Waals surface area contributed by atoms with Crippen LogP contribution in [0.15, 0.2) is 41.3 Å². The van der Waals surface area contributed by atoms with Crippen molar-refractivity contribution in [2.45, 2.75) is 25.2 Å². The number of carbonyl (C=O) groups is 1. The van der Waals surface area contributed by atoms with Gasteiger partial charge in [-0.15, -0.1) is 0 Å². The third-order valence-electron chi connectivity index (χ3n) is 5.91. The van der Waals surface area contributed by atoms with Crippen LogP contribution in [0.25, 0.3) is 0 Å². The minimum absolute atomic E-state index is 0.0945. The van der Waals surface area contributed by atoms with Gasteiger partial charge in [0.15, 0.2) is 11.5 Å². The molecule has 184 valence electrons. The molecule has 2 aliphatic heterocycles. The molecule has 9 nitrogen and oxygen atoms in total. The maximum atomic E-state index is 13.5. The van der Waals surface area contributed by atoms with Gasteiger partial charge in [0.05, 0.1) is 36.9 Å². The zero-order valence-electron chi connectivity index (χ0n) is 19.6. The molecule has 2 heterocycles. The Morgan fingerprint density at radius 2 is 1.68 bits per heavy atom. The Morgan fingerprint density at radius 3 is 2.38 bits per heavy atom. The van der Waals surface area contributed by atoms with E-state index in [1.807, 2.05) is 4.90 Å². The van der Waals surface area contributed by atoms with Crippen LogP contribution in [0.5, 0.6) is 11.5 Å². The van der Waals surface area contributed by atoms with E-state index in [4.69, 9.17) is 14.2 Å². The molecular formula is C24H31N3O6S. The first-order valence-electron chi connectivity index (χ1n) is 11.6. The highest BCUT2D eigenvalue weighted by Crippen LogP contribution is 2.33. The lowest BCUT2D eigenvalue weighted by Crippen LogP contribution is -2.37. The largest absolute Gasteiger partial charge is 0.490 e. The Balaban J connectivity index is 1.68. The van der Waals surface area contributed by atoms with E-state index in [9.17, 15) is 13.2 Å². The highest BCUT2D eigenvalue weighted by Gasteiger charge is 2.26. The molecule has 2 aliphatic rings. The molecule has 1 amide bonds. The maximum Gasteiger partial charge on any atom is 0.257 e. The molecule has 0 aromatic heterocycles. The summed E-state index contributed by atoms with van der Waals surface area (Å²) in [6.07, 6.45) is 0.785. The van der Waals surface area contributed by atoms with E-state index < -0.39 is 15.9 Å². The fourth-order valence-electron chi connectivity index (χ4n) is 4.09. The average Bonchev–Trinajstić information content (AvgIpc) is 3.10. The number of hydrogen-bond acceptors (Lipinski definition) is 7. The lowest BCUT2D eigenvalue weighted by molar-refractivity contribution is 0.102. The Labute approximate surface area is 200 Å². The molecule has 10 heteroatoms. The number of ether oxygens (including phenoxy) is 3. The van der Waals surface area contributed by atoms with Crippen molar-refractivity contribution in [3.63, 3.8) is 0 Å². The Kier molecular flexibility index (Phi) is 7.60.